The maximum atomic E-state index is 13.4. The Balaban J connectivity index is 1.58. The molecule has 4 aromatic rings. The molecule has 5 rings (SSSR count). The molecule has 0 bridgehead atoms. The minimum absolute atomic E-state index is 0.316. The van der Waals surface area contributed by atoms with Crippen LogP contribution in [0.25, 0.3) is 11.1 Å². The van der Waals surface area contributed by atoms with Crippen molar-refractivity contribution in [3.8, 4) is 16.9 Å². The zero-order chi connectivity index (χ0) is 22.0. The second kappa shape index (κ2) is 8.19. The van der Waals surface area contributed by atoms with Crippen LogP contribution in [0.5, 0.6) is 5.75 Å². The van der Waals surface area contributed by atoms with E-state index in [1.165, 1.54) is 30.6 Å². The summed E-state index contributed by atoms with van der Waals surface area (Å²) in [5.41, 5.74) is 2.84. The van der Waals surface area contributed by atoms with Crippen LogP contribution in [0.1, 0.15) is 28.0 Å². The number of ether oxygens (including phenoxy) is 1. The topological polar surface area (TPSA) is 77.0 Å². The van der Waals surface area contributed by atoms with Crippen molar-refractivity contribution in [3.63, 3.8) is 0 Å². The first kappa shape index (κ1) is 19.8. The van der Waals surface area contributed by atoms with Crippen molar-refractivity contribution in [2.24, 2.45) is 0 Å². The normalized spacial score (nSPS) is 17.2. The minimum Gasteiger partial charge on any atom is -0.491 e. The van der Waals surface area contributed by atoms with Crippen LogP contribution in [-0.2, 0) is 5.54 Å². The number of halogens is 1. The Morgan fingerprint density at radius 2 is 1.72 bits per heavy atom. The Morgan fingerprint density at radius 1 is 0.969 bits per heavy atom. The van der Waals surface area contributed by atoms with Gasteiger partial charge in [0.1, 0.15) is 29.1 Å². The molecule has 0 saturated heterocycles. The van der Waals surface area contributed by atoms with Gasteiger partial charge in [0.05, 0.1) is 6.61 Å². The number of hydrogen-bond donors (Lipinski definition) is 1. The molecule has 0 spiro atoms. The monoisotopic (exact) mass is 426 g/mol. The van der Waals surface area contributed by atoms with Crippen molar-refractivity contribution < 1.29 is 13.9 Å². The molecule has 1 N–H and O–H groups in total. The molecular formula is C25H19FN4O2. The van der Waals surface area contributed by atoms with E-state index in [1.807, 2.05) is 30.3 Å². The molecule has 0 aliphatic carbocycles. The number of amides is 1. The molecule has 1 aliphatic heterocycles. The van der Waals surface area contributed by atoms with E-state index in [0.717, 1.165) is 16.7 Å². The van der Waals surface area contributed by atoms with Crippen LogP contribution < -0.4 is 10.1 Å². The summed E-state index contributed by atoms with van der Waals surface area (Å²) in [4.78, 5) is 25.9. The van der Waals surface area contributed by atoms with Gasteiger partial charge in [-0.3, -0.25) is 9.78 Å². The van der Waals surface area contributed by atoms with Gasteiger partial charge in [-0.2, -0.15) is 0 Å². The maximum absolute atomic E-state index is 13.4. The number of carbonyl (C=O) groups excluding carboxylic acids is 1. The van der Waals surface area contributed by atoms with Gasteiger partial charge < -0.3 is 10.1 Å². The third-order valence-electron chi connectivity index (χ3n) is 5.61. The fourth-order valence-corrected chi connectivity index (χ4v) is 4.00. The van der Waals surface area contributed by atoms with E-state index in [-0.39, 0.29) is 5.91 Å². The van der Waals surface area contributed by atoms with E-state index in [9.17, 15) is 9.18 Å². The first-order valence-electron chi connectivity index (χ1n) is 10.2. The highest BCUT2D eigenvalue weighted by molar-refractivity contribution is 5.95. The van der Waals surface area contributed by atoms with Crippen LogP contribution in [0.2, 0.25) is 0 Å². The van der Waals surface area contributed by atoms with Crippen molar-refractivity contribution >= 4 is 5.91 Å². The standard InChI is InChI=1S/C25H19FN4O2/c26-21-9-5-18(6-10-21)24(31)30-25(11-13-32-22-2-1-12-29-23(22)25)20-7-3-17(4-8-20)19-14-27-16-28-15-19/h1-10,12,14-16H,11,13H2,(H,30,31)/t25-/m0/s1. The van der Waals surface area contributed by atoms with Gasteiger partial charge in [-0.05, 0) is 47.5 Å². The summed E-state index contributed by atoms with van der Waals surface area (Å²) in [6, 6.07) is 17.0. The van der Waals surface area contributed by atoms with Crippen LogP contribution in [0.15, 0.2) is 85.6 Å². The number of benzene rings is 2. The lowest BCUT2D eigenvalue weighted by Gasteiger charge is -2.39. The summed E-state index contributed by atoms with van der Waals surface area (Å²) in [6.45, 7) is 0.413. The third-order valence-corrected chi connectivity index (χ3v) is 5.61. The van der Waals surface area contributed by atoms with Crippen molar-refractivity contribution in [3.05, 3.63) is 108 Å². The maximum Gasteiger partial charge on any atom is 0.252 e. The summed E-state index contributed by atoms with van der Waals surface area (Å²) in [5, 5.41) is 3.17. The van der Waals surface area contributed by atoms with Gasteiger partial charge in [0, 0.05) is 36.1 Å². The van der Waals surface area contributed by atoms with Gasteiger partial charge in [-0.1, -0.05) is 24.3 Å². The van der Waals surface area contributed by atoms with Crippen LogP contribution in [0.4, 0.5) is 4.39 Å². The average Bonchev–Trinajstić information content (AvgIpc) is 2.85. The Labute approximate surface area is 184 Å². The van der Waals surface area contributed by atoms with E-state index in [1.54, 1.807) is 24.7 Å². The lowest BCUT2D eigenvalue weighted by molar-refractivity contribution is 0.0883. The zero-order valence-corrected chi connectivity index (χ0v) is 17.0. The second-order valence-electron chi connectivity index (χ2n) is 7.52. The van der Waals surface area contributed by atoms with Crippen LogP contribution in [0.3, 0.4) is 0 Å². The van der Waals surface area contributed by atoms with Gasteiger partial charge in [0.25, 0.3) is 5.91 Å². The molecule has 0 unspecified atom stereocenters. The molecule has 3 heterocycles. The Bertz CT molecular complexity index is 1250. The molecule has 2 aromatic carbocycles. The number of rotatable bonds is 4. The van der Waals surface area contributed by atoms with Crippen molar-refractivity contribution in [2.45, 2.75) is 12.0 Å². The summed E-state index contributed by atoms with van der Waals surface area (Å²) in [5.74, 6) is -0.0856. The molecule has 0 saturated carbocycles. The molecule has 32 heavy (non-hydrogen) atoms. The summed E-state index contributed by atoms with van der Waals surface area (Å²) in [6.07, 6.45) is 7.17. The SMILES string of the molecule is O=C(N[C@]1(c2ccc(-c3cncnc3)cc2)CCOc2cccnc21)c1ccc(F)cc1. The predicted octanol–water partition coefficient (Wildman–Crippen LogP) is 4.13. The Kier molecular flexibility index (Phi) is 5.07. The van der Waals surface area contributed by atoms with Crippen LogP contribution in [0, 0.1) is 5.82 Å². The molecule has 1 amide bonds. The van der Waals surface area contributed by atoms with E-state index >= 15 is 0 Å². The summed E-state index contributed by atoms with van der Waals surface area (Å²) < 4.78 is 19.2. The number of hydrogen-bond acceptors (Lipinski definition) is 5. The number of carbonyl (C=O) groups is 1. The first-order chi connectivity index (χ1) is 15.7. The molecule has 1 aliphatic rings. The first-order valence-corrected chi connectivity index (χ1v) is 10.2. The fourth-order valence-electron chi connectivity index (χ4n) is 4.00. The van der Waals surface area contributed by atoms with Crippen molar-refractivity contribution in [2.75, 3.05) is 6.61 Å². The minimum atomic E-state index is -0.897. The number of fused-ring (bicyclic) bond motifs is 1. The molecule has 0 fully saturated rings. The van der Waals surface area contributed by atoms with Crippen molar-refractivity contribution in [1.29, 1.82) is 0 Å². The highest BCUT2D eigenvalue weighted by Crippen LogP contribution is 2.41. The molecule has 7 heteroatoms. The fraction of sp³-hybridized carbons (Fsp3) is 0.120. The molecule has 158 valence electrons. The summed E-state index contributed by atoms with van der Waals surface area (Å²) >= 11 is 0. The lowest BCUT2D eigenvalue weighted by Crippen LogP contribution is -2.50. The zero-order valence-electron chi connectivity index (χ0n) is 17.0. The molecule has 6 nitrogen and oxygen atoms in total. The molecule has 0 radical (unpaired) electrons. The molecule has 1 atom stereocenters. The predicted molar refractivity (Wildman–Crippen MR) is 116 cm³/mol. The van der Waals surface area contributed by atoms with Gasteiger partial charge in [0.15, 0.2) is 0 Å². The summed E-state index contributed by atoms with van der Waals surface area (Å²) in [7, 11) is 0. The van der Waals surface area contributed by atoms with Crippen LogP contribution >= 0.6 is 0 Å². The highest BCUT2D eigenvalue weighted by atomic mass is 19.1. The second-order valence-corrected chi connectivity index (χ2v) is 7.52. The van der Waals surface area contributed by atoms with Gasteiger partial charge in [0.2, 0.25) is 0 Å². The van der Waals surface area contributed by atoms with E-state index in [0.29, 0.717) is 30.0 Å². The van der Waals surface area contributed by atoms with Gasteiger partial charge >= 0.3 is 0 Å². The van der Waals surface area contributed by atoms with Crippen LogP contribution in [-0.4, -0.2) is 27.5 Å². The van der Waals surface area contributed by atoms with Gasteiger partial charge in [-0.15, -0.1) is 0 Å². The number of aromatic nitrogens is 3. The lowest BCUT2D eigenvalue weighted by atomic mass is 9.80. The third kappa shape index (κ3) is 3.58. The number of nitrogens with zero attached hydrogens (tertiary/aromatic N) is 3. The molecule has 2 aromatic heterocycles. The average molecular weight is 426 g/mol. The smallest absolute Gasteiger partial charge is 0.252 e. The quantitative estimate of drug-likeness (QED) is 0.531. The number of nitrogens with one attached hydrogen (secondary N) is 1. The van der Waals surface area contributed by atoms with E-state index in [2.05, 4.69) is 20.3 Å². The molecular weight excluding hydrogens is 407 g/mol. The highest BCUT2D eigenvalue weighted by Gasteiger charge is 2.42. The largest absolute Gasteiger partial charge is 0.491 e. The van der Waals surface area contributed by atoms with Gasteiger partial charge in [-0.25, -0.2) is 14.4 Å². The van der Waals surface area contributed by atoms with E-state index in [4.69, 9.17) is 4.74 Å². The Morgan fingerprint density at radius 3 is 2.47 bits per heavy atom. The Hall–Kier alpha value is -4.13. The number of pyridine rings is 1. The van der Waals surface area contributed by atoms with E-state index < -0.39 is 11.4 Å². The van der Waals surface area contributed by atoms with Crippen molar-refractivity contribution in [1.82, 2.24) is 20.3 Å².